The highest BCUT2D eigenvalue weighted by Gasteiger charge is 2.21. The number of benzene rings is 1. The SMILES string of the molecule is CCNC(=NCc1ccc(N2CCCC2=O)cc1)NCC(C)Cn1cccn1. The average molecular weight is 383 g/mol. The van der Waals surface area contributed by atoms with Crippen molar-refractivity contribution < 1.29 is 4.79 Å². The van der Waals surface area contributed by atoms with E-state index >= 15 is 0 Å². The number of guanidine groups is 1. The van der Waals surface area contributed by atoms with Crippen LogP contribution in [0.4, 0.5) is 5.69 Å². The number of aliphatic imine (C=N–C) groups is 1. The van der Waals surface area contributed by atoms with Crippen LogP contribution < -0.4 is 15.5 Å². The Labute approximate surface area is 166 Å². The summed E-state index contributed by atoms with van der Waals surface area (Å²) in [5.41, 5.74) is 2.10. The number of amides is 1. The Morgan fingerprint density at radius 3 is 2.75 bits per heavy atom. The fraction of sp³-hybridized carbons (Fsp3) is 0.476. The molecule has 0 spiro atoms. The van der Waals surface area contributed by atoms with Crippen LogP contribution in [0.15, 0.2) is 47.7 Å². The molecule has 2 N–H and O–H groups in total. The van der Waals surface area contributed by atoms with Gasteiger partial charge in [0.25, 0.3) is 0 Å². The van der Waals surface area contributed by atoms with E-state index in [1.165, 1.54) is 0 Å². The van der Waals surface area contributed by atoms with Crippen LogP contribution in [0.2, 0.25) is 0 Å². The number of aromatic nitrogens is 2. The van der Waals surface area contributed by atoms with Crippen LogP contribution >= 0.6 is 0 Å². The monoisotopic (exact) mass is 382 g/mol. The van der Waals surface area contributed by atoms with E-state index in [9.17, 15) is 4.79 Å². The van der Waals surface area contributed by atoms with E-state index in [2.05, 4.69) is 34.6 Å². The standard InChI is InChI=1S/C21H30N6O/c1-3-22-21(23-14-17(2)16-26-12-5-11-25-26)24-15-18-7-9-19(10-8-18)27-13-4-6-20(27)28/h5,7-12,17H,3-4,6,13-16H2,1-2H3,(H2,22,23,24). The van der Waals surface area contributed by atoms with Crippen LogP contribution in [0.1, 0.15) is 32.3 Å². The van der Waals surface area contributed by atoms with Crippen LogP contribution in [0, 0.1) is 5.92 Å². The summed E-state index contributed by atoms with van der Waals surface area (Å²) in [5, 5.41) is 11.0. The van der Waals surface area contributed by atoms with E-state index < -0.39 is 0 Å². The minimum Gasteiger partial charge on any atom is -0.357 e. The van der Waals surface area contributed by atoms with E-state index in [4.69, 9.17) is 0 Å². The van der Waals surface area contributed by atoms with Gasteiger partial charge in [-0.05, 0) is 43.0 Å². The minimum atomic E-state index is 0.216. The second-order valence-electron chi connectivity index (χ2n) is 7.22. The molecule has 2 heterocycles. The molecule has 1 unspecified atom stereocenters. The van der Waals surface area contributed by atoms with Gasteiger partial charge < -0.3 is 15.5 Å². The molecule has 2 aromatic rings. The van der Waals surface area contributed by atoms with Gasteiger partial charge in [-0.15, -0.1) is 0 Å². The third-order valence-electron chi connectivity index (χ3n) is 4.76. The lowest BCUT2D eigenvalue weighted by atomic mass is 10.2. The molecule has 0 radical (unpaired) electrons. The van der Waals surface area contributed by atoms with Gasteiger partial charge in [-0.25, -0.2) is 4.99 Å². The summed E-state index contributed by atoms with van der Waals surface area (Å²) in [5.74, 6) is 1.46. The van der Waals surface area contributed by atoms with Gasteiger partial charge >= 0.3 is 0 Å². The third kappa shape index (κ3) is 5.58. The van der Waals surface area contributed by atoms with E-state index in [-0.39, 0.29) is 5.91 Å². The quantitative estimate of drug-likeness (QED) is 0.543. The molecule has 1 aliphatic rings. The van der Waals surface area contributed by atoms with Gasteiger partial charge in [-0.3, -0.25) is 9.48 Å². The van der Waals surface area contributed by atoms with Gasteiger partial charge in [0.2, 0.25) is 5.91 Å². The van der Waals surface area contributed by atoms with Crippen molar-refractivity contribution in [1.29, 1.82) is 0 Å². The Hall–Kier alpha value is -2.83. The topological polar surface area (TPSA) is 74.6 Å². The normalized spacial score (nSPS) is 15.7. The highest BCUT2D eigenvalue weighted by atomic mass is 16.2. The summed E-state index contributed by atoms with van der Waals surface area (Å²) >= 11 is 0. The predicted molar refractivity (Wildman–Crippen MR) is 112 cm³/mol. The zero-order valence-corrected chi connectivity index (χ0v) is 16.8. The highest BCUT2D eigenvalue weighted by Crippen LogP contribution is 2.21. The van der Waals surface area contributed by atoms with Crippen molar-refractivity contribution in [2.45, 2.75) is 39.8 Å². The van der Waals surface area contributed by atoms with E-state index in [0.29, 0.717) is 18.9 Å². The molecule has 1 aliphatic heterocycles. The van der Waals surface area contributed by atoms with Crippen LogP contribution in [-0.2, 0) is 17.9 Å². The molecule has 1 aromatic heterocycles. The Morgan fingerprint density at radius 1 is 1.29 bits per heavy atom. The number of anilines is 1. The first-order valence-electron chi connectivity index (χ1n) is 10.0. The third-order valence-corrected chi connectivity index (χ3v) is 4.76. The predicted octanol–water partition coefficient (Wildman–Crippen LogP) is 2.40. The fourth-order valence-corrected chi connectivity index (χ4v) is 3.28. The molecule has 0 bridgehead atoms. The smallest absolute Gasteiger partial charge is 0.227 e. The van der Waals surface area contributed by atoms with Crippen LogP contribution in [-0.4, -0.2) is 41.3 Å². The van der Waals surface area contributed by atoms with Crippen LogP contribution in [0.5, 0.6) is 0 Å². The molecule has 0 aliphatic carbocycles. The van der Waals surface area contributed by atoms with Crippen molar-refractivity contribution in [2.24, 2.45) is 10.9 Å². The molecule has 1 fully saturated rings. The van der Waals surface area contributed by atoms with Gasteiger partial charge in [0, 0.05) is 50.7 Å². The molecule has 1 amide bonds. The van der Waals surface area contributed by atoms with E-state index in [0.717, 1.165) is 49.8 Å². The van der Waals surface area contributed by atoms with Crippen molar-refractivity contribution in [2.75, 3.05) is 24.5 Å². The lowest BCUT2D eigenvalue weighted by Crippen LogP contribution is -2.40. The number of rotatable bonds is 8. The Kier molecular flexibility index (Phi) is 7.06. The van der Waals surface area contributed by atoms with E-state index in [1.54, 1.807) is 6.20 Å². The number of nitrogens with one attached hydrogen (secondary N) is 2. The summed E-state index contributed by atoms with van der Waals surface area (Å²) in [4.78, 5) is 18.4. The minimum absolute atomic E-state index is 0.216. The maximum Gasteiger partial charge on any atom is 0.227 e. The van der Waals surface area contributed by atoms with Gasteiger partial charge in [0.05, 0.1) is 6.54 Å². The average Bonchev–Trinajstić information content (AvgIpc) is 3.36. The molecule has 3 rings (SSSR count). The molecule has 1 saturated heterocycles. The zero-order chi connectivity index (χ0) is 19.8. The maximum absolute atomic E-state index is 11.9. The van der Waals surface area contributed by atoms with Crippen molar-refractivity contribution in [1.82, 2.24) is 20.4 Å². The summed E-state index contributed by atoms with van der Waals surface area (Å²) in [7, 11) is 0. The number of carbonyl (C=O) groups is 1. The molecule has 1 aromatic carbocycles. The Balaban J connectivity index is 1.52. The number of hydrogen-bond acceptors (Lipinski definition) is 3. The van der Waals surface area contributed by atoms with Gasteiger partial charge in [0.1, 0.15) is 0 Å². The zero-order valence-electron chi connectivity index (χ0n) is 16.8. The molecular formula is C21H30N6O. The molecular weight excluding hydrogens is 352 g/mol. The molecule has 28 heavy (non-hydrogen) atoms. The second kappa shape index (κ2) is 9.92. The lowest BCUT2D eigenvalue weighted by molar-refractivity contribution is -0.117. The van der Waals surface area contributed by atoms with Crippen molar-refractivity contribution in [3.8, 4) is 0 Å². The summed E-state index contributed by atoms with van der Waals surface area (Å²) < 4.78 is 1.95. The molecule has 150 valence electrons. The van der Waals surface area contributed by atoms with Crippen molar-refractivity contribution >= 4 is 17.6 Å². The van der Waals surface area contributed by atoms with Crippen molar-refractivity contribution in [3.05, 3.63) is 48.3 Å². The summed E-state index contributed by atoms with van der Waals surface area (Å²) in [6.07, 6.45) is 5.38. The van der Waals surface area contributed by atoms with Gasteiger partial charge in [-0.1, -0.05) is 19.1 Å². The molecule has 7 heteroatoms. The van der Waals surface area contributed by atoms with Crippen LogP contribution in [0.3, 0.4) is 0 Å². The van der Waals surface area contributed by atoms with E-state index in [1.807, 2.05) is 46.1 Å². The fourth-order valence-electron chi connectivity index (χ4n) is 3.28. The van der Waals surface area contributed by atoms with Gasteiger partial charge in [-0.2, -0.15) is 5.10 Å². The first kappa shape index (κ1) is 19.9. The second-order valence-corrected chi connectivity index (χ2v) is 7.22. The maximum atomic E-state index is 11.9. The first-order chi connectivity index (χ1) is 13.7. The molecule has 1 atom stereocenters. The van der Waals surface area contributed by atoms with Gasteiger partial charge in [0.15, 0.2) is 5.96 Å². The van der Waals surface area contributed by atoms with Crippen LogP contribution in [0.25, 0.3) is 0 Å². The molecule has 0 saturated carbocycles. The Morgan fingerprint density at radius 2 is 2.11 bits per heavy atom. The summed E-state index contributed by atoms with van der Waals surface area (Å²) in [6, 6.07) is 10.1. The first-order valence-corrected chi connectivity index (χ1v) is 10.0. The lowest BCUT2D eigenvalue weighted by Gasteiger charge is -2.17. The molecule has 7 nitrogen and oxygen atoms in total. The number of nitrogens with zero attached hydrogens (tertiary/aromatic N) is 4. The summed E-state index contributed by atoms with van der Waals surface area (Å²) in [6.45, 7) is 8.18. The highest BCUT2D eigenvalue weighted by molar-refractivity contribution is 5.95. The number of hydrogen-bond donors (Lipinski definition) is 2. The largest absolute Gasteiger partial charge is 0.357 e. The number of carbonyl (C=O) groups excluding carboxylic acids is 1. The van der Waals surface area contributed by atoms with Crippen molar-refractivity contribution in [3.63, 3.8) is 0 Å². The Bertz CT molecular complexity index is 769.